The molecule has 0 spiro atoms. The predicted octanol–water partition coefficient (Wildman–Crippen LogP) is 3.32. The Morgan fingerprint density at radius 2 is 2.11 bits per heavy atom. The highest BCUT2D eigenvalue weighted by molar-refractivity contribution is 7.18. The van der Waals surface area contributed by atoms with Crippen molar-refractivity contribution in [1.29, 1.82) is 0 Å². The maximum absolute atomic E-state index is 12.6. The summed E-state index contributed by atoms with van der Waals surface area (Å²) < 4.78 is 7.39. The highest BCUT2D eigenvalue weighted by Gasteiger charge is 2.14. The number of amides is 1. The first-order chi connectivity index (χ1) is 13.1. The summed E-state index contributed by atoms with van der Waals surface area (Å²) in [7, 11) is 0. The molecule has 0 bridgehead atoms. The average Bonchev–Trinajstić information content (AvgIpc) is 2.96. The van der Waals surface area contributed by atoms with Crippen LogP contribution in [0, 0.1) is 13.8 Å². The molecule has 27 heavy (non-hydrogen) atoms. The summed E-state index contributed by atoms with van der Waals surface area (Å²) in [6.07, 6.45) is 9.26. The van der Waals surface area contributed by atoms with Gasteiger partial charge in [0, 0.05) is 31.0 Å². The Hall–Kier alpha value is -1.73. The van der Waals surface area contributed by atoms with Gasteiger partial charge >= 0.3 is 0 Å². The highest BCUT2D eigenvalue weighted by atomic mass is 32.1. The number of nitrogens with zero attached hydrogens (tertiary/aromatic N) is 2. The van der Waals surface area contributed by atoms with Gasteiger partial charge in [-0.1, -0.05) is 19.3 Å². The van der Waals surface area contributed by atoms with E-state index in [-0.39, 0.29) is 17.9 Å². The third-order valence-electron chi connectivity index (χ3n) is 5.28. The second kappa shape index (κ2) is 9.46. The van der Waals surface area contributed by atoms with Crippen LogP contribution in [0.25, 0.3) is 10.2 Å². The molecule has 2 aromatic heterocycles. The van der Waals surface area contributed by atoms with Crippen molar-refractivity contribution in [3.63, 3.8) is 0 Å². The number of carbonyl (C=O) groups is 1. The molecule has 0 unspecified atom stereocenters. The molecule has 1 amide bonds. The van der Waals surface area contributed by atoms with Gasteiger partial charge in [-0.2, -0.15) is 0 Å². The van der Waals surface area contributed by atoms with Crippen LogP contribution in [0.4, 0.5) is 0 Å². The number of carbonyl (C=O) groups excluding carboxylic acids is 1. The van der Waals surface area contributed by atoms with Gasteiger partial charge in [0.1, 0.15) is 4.83 Å². The van der Waals surface area contributed by atoms with Crippen LogP contribution in [0.15, 0.2) is 11.1 Å². The molecule has 1 saturated carbocycles. The second-order valence-electron chi connectivity index (χ2n) is 7.29. The molecule has 2 aromatic rings. The van der Waals surface area contributed by atoms with Crippen LogP contribution < -0.4 is 10.9 Å². The molecule has 0 aromatic carbocycles. The Kier molecular flexibility index (Phi) is 7.01. The molecule has 3 rings (SSSR count). The number of hydrogen-bond acceptors (Lipinski definition) is 5. The molecule has 0 atom stereocenters. The molecular weight excluding hydrogens is 362 g/mol. The van der Waals surface area contributed by atoms with Crippen molar-refractivity contribution in [3.05, 3.63) is 27.1 Å². The van der Waals surface area contributed by atoms with E-state index >= 15 is 0 Å². The first-order valence-electron chi connectivity index (χ1n) is 9.89. The van der Waals surface area contributed by atoms with Gasteiger partial charge in [0.2, 0.25) is 5.91 Å². The van der Waals surface area contributed by atoms with Gasteiger partial charge in [-0.3, -0.25) is 14.2 Å². The normalized spacial score (nSPS) is 15.3. The van der Waals surface area contributed by atoms with Crippen LogP contribution >= 0.6 is 11.3 Å². The summed E-state index contributed by atoms with van der Waals surface area (Å²) in [5.41, 5.74) is 0.930. The minimum absolute atomic E-state index is 0.0436. The van der Waals surface area contributed by atoms with E-state index in [1.165, 1.54) is 48.0 Å². The number of nitrogens with one attached hydrogen (secondary N) is 1. The topological polar surface area (TPSA) is 73.2 Å². The van der Waals surface area contributed by atoms with Gasteiger partial charge in [-0.25, -0.2) is 4.98 Å². The second-order valence-corrected chi connectivity index (χ2v) is 8.49. The van der Waals surface area contributed by atoms with Gasteiger partial charge in [0.15, 0.2) is 0 Å². The van der Waals surface area contributed by atoms with Crippen LogP contribution in [0.2, 0.25) is 0 Å². The smallest absolute Gasteiger partial charge is 0.262 e. The minimum Gasteiger partial charge on any atom is -0.378 e. The SMILES string of the molecule is Cc1sc2ncn(CCC(=O)NCCCOC3CCCCC3)c(=O)c2c1C. The van der Waals surface area contributed by atoms with Gasteiger partial charge in [-0.05, 0) is 38.7 Å². The zero-order chi connectivity index (χ0) is 19.2. The van der Waals surface area contributed by atoms with Crippen LogP contribution in [0.5, 0.6) is 0 Å². The van der Waals surface area contributed by atoms with Crippen molar-refractivity contribution >= 4 is 27.5 Å². The van der Waals surface area contributed by atoms with Crippen LogP contribution in [0.1, 0.15) is 55.4 Å². The number of ether oxygens (including phenoxy) is 1. The van der Waals surface area contributed by atoms with E-state index in [1.54, 1.807) is 6.33 Å². The van der Waals surface area contributed by atoms with Gasteiger partial charge < -0.3 is 10.1 Å². The van der Waals surface area contributed by atoms with E-state index in [2.05, 4.69) is 10.3 Å². The van der Waals surface area contributed by atoms with Gasteiger partial charge in [-0.15, -0.1) is 11.3 Å². The number of fused-ring (bicyclic) bond motifs is 1. The number of rotatable bonds is 8. The van der Waals surface area contributed by atoms with E-state index in [4.69, 9.17) is 4.74 Å². The standard InChI is InChI=1S/C20H29N3O3S/c1-14-15(2)27-19-18(14)20(25)23(13-22-19)11-9-17(24)21-10-6-12-26-16-7-4-3-5-8-16/h13,16H,3-12H2,1-2H3,(H,21,24). The van der Waals surface area contributed by atoms with Crippen LogP contribution in [0.3, 0.4) is 0 Å². The molecule has 6 nitrogen and oxygen atoms in total. The molecule has 1 N–H and O–H groups in total. The molecule has 0 radical (unpaired) electrons. The lowest BCUT2D eigenvalue weighted by molar-refractivity contribution is -0.121. The van der Waals surface area contributed by atoms with Crippen molar-refractivity contribution < 1.29 is 9.53 Å². The molecule has 1 aliphatic carbocycles. The third kappa shape index (κ3) is 5.17. The van der Waals surface area contributed by atoms with E-state index in [1.807, 2.05) is 13.8 Å². The predicted molar refractivity (Wildman–Crippen MR) is 108 cm³/mol. The summed E-state index contributed by atoms with van der Waals surface area (Å²) in [4.78, 5) is 30.9. The summed E-state index contributed by atoms with van der Waals surface area (Å²) >= 11 is 1.54. The van der Waals surface area contributed by atoms with Gasteiger partial charge in [0.05, 0.1) is 17.8 Å². The summed E-state index contributed by atoms with van der Waals surface area (Å²) in [6, 6.07) is 0. The Morgan fingerprint density at radius 1 is 1.33 bits per heavy atom. The molecule has 1 aliphatic rings. The number of aromatic nitrogens is 2. The highest BCUT2D eigenvalue weighted by Crippen LogP contribution is 2.25. The Balaban J connectivity index is 1.40. The van der Waals surface area contributed by atoms with Gasteiger partial charge in [0.25, 0.3) is 5.56 Å². The maximum Gasteiger partial charge on any atom is 0.262 e. The number of aryl methyl sites for hydroxylation is 3. The molecular formula is C20H29N3O3S. The largest absolute Gasteiger partial charge is 0.378 e. The molecule has 2 heterocycles. The summed E-state index contributed by atoms with van der Waals surface area (Å²) in [6.45, 7) is 5.60. The fraction of sp³-hybridized carbons (Fsp3) is 0.650. The first-order valence-corrected chi connectivity index (χ1v) is 10.7. The number of hydrogen-bond donors (Lipinski definition) is 1. The van der Waals surface area contributed by atoms with E-state index in [0.29, 0.717) is 31.2 Å². The number of thiophene rings is 1. The average molecular weight is 392 g/mol. The molecule has 0 aliphatic heterocycles. The Labute approximate surface area is 163 Å². The Bertz CT molecular complexity index is 837. The monoisotopic (exact) mass is 391 g/mol. The van der Waals surface area contributed by atoms with E-state index < -0.39 is 0 Å². The molecule has 0 saturated heterocycles. The van der Waals surface area contributed by atoms with Crippen LogP contribution in [-0.2, 0) is 16.1 Å². The molecule has 148 valence electrons. The van der Waals surface area contributed by atoms with Crippen molar-refractivity contribution in [3.8, 4) is 0 Å². The maximum atomic E-state index is 12.6. The zero-order valence-electron chi connectivity index (χ0n) is 16.3. The fourth-order valence-electron chi connectivity index (χ4n) is 3.52. The molecule has 1 fully saturated rings. The van der Waals surface area contributed by atoms with Crippen molar-refractivity contribution in [2.24, 2.45) is 0 Å². The summed E-state index contributed by atoms with van der Waals surface area (Å²) in [5.74, 6) is -0.0436. The zero-order valence-corrected chi connectivity index (χ0v) is 17.1. The Morgan fingerprint density at radius 3 is 2.89 bits per heavy atom. The van der Waals surface area contributed by atoms with Crippen molar-refractivity contribution in [1.82, 2.24) is 14.9 Å². The van der Waals surface area contributed by atoms with E-state index in [9.17, 15) is 9.59 Å². The fourth-order valence-corrected chi connectivity index (χ4v) is 4.51. The van der Waals surface area contributed by atoms with Crippen LogP contribution in [-0.4, -0.2) is 34.7 Å². The third-order valence-corrected chi connectivity index (χ3v) is 6.40. The molecule has 7 heteroatoms. The van der Waals surface area contributed by atoms with E-state index in [0.717, 1.165) is 21.7 Å². The lowest BCUT2D eigenvalue weighted by atomic mass is 9.98. The lowest BCUT2D eigenvalue weighted by Gasteiger charge is -2.21. The quantitative estimate of drug-likeness (QED) is 0.701. The van der Waals surface area contributed by atoms with Crippen molar-refractivity contribution in [2.75, 3.05) is 13.2 Å². The van der Waals surface area contributed by atoms with Crippen molar-refractivity contribution in [2.45, 2.75) is 71.4 Å². The first kappa shape index (κ1) is 20.0. The lowest BCUT2D eigenvalue weighted by Crippen LogP contribution is -2.29. The summed E-state index contributed by atoms with van der Waals surface area (Å²) in [5, 5.41) is 3.59. The minimum atomic E-state index is -0.0597.